The minimum atomic E-state index is 0.284. The van der Waals surface area contributed by atoms with E-state index in [9.17, 15) is 0 Å². The van der Waals surface area contributed by atoms with Crippen molar-refractivity contribution in [2.45, 2.75) is 25.4 Å². The average Bonchev–Trinajstić information content (AvgIpc) is 3.14. The molecule has 6 heteroatoms. The van der Waals surface area contributed by atoms with Crippen molar-refractivity contribution in [2.75, 3.05) is 46.6 Å². The van der Waals surface area contributed by atoms with Gasteiger partial charge < -0.3 is 24.8 Å². The van der Waals surface area contributed by atoms with Crippen LogP contribution < -0.4 is 15.4 Å². The molecular weight excluding hydrogens is 306 g/mol. The Morgan fingerprint density at radius 2 is 1.92 bits per heavy atom. The first-order valence-electron chi connectivity index (χ1n) is 8.70. The Balaban J connectivity index is 1.45. The predicted molar refractivity (Wildman–Crippen MR) is 95.7 cm³/mol. The number of hydrogen-bond acceptors (Lipinski definition) is 4. The Labute approximate surface area is 144 Å². The van der Waals surface area contributed by atoms with Crippen LogP contribution in [0.15, 0.2) is 35.3 Å². The molecule has 1 fully saturated rings. The molecule has 1 heterocycles. The monoisotopic (exact) mass is 335 g/mol. The Morgan fingerprint density at radius 1 is 1.17 bits per heavy atom. The number of hydrogen-bond donors (Lipinski definition) is 2. The van der Waals surface area contributed by atoms with Crippen LogP contribution in [0.5, 0.6) is 5.75 Å². The highest BCUT2D eigenvalue weighted by molar-refractivity contribution is 5.79. The summed E-state index contributed by atoms with van der Waals surface area (Å²) in [5.41, 5.74) is 0. The quantitative estimate of drug-likeness (QED) is 0.388. The van der Waals surface area contributed by atoms with E-state index in [1.54, 1.807) is 7.05 Å². The maximum atomic E-state index is 5.73. The Kier molecular flexibility index (Phi) is 9.04. The van der Waals surface area contributed by atoms with Gasteiger partial charge in [-0.2, -0.15) is 0 Å². The molecule has 2 N–H and O–H groups in total. The Morgan fingerprint density at radius 3 is 2.58 bits per heavy atom. The van der Waals surface area contributed by atoms with Gasteiger partial charge in [0.05, 0.1) is 19.3 Å². The van der Waals surface area contributed by atoms with Crippen molar-refractivity contribution in [3.05, 3.63) is 30.3 Å². The van der Waals surface area contributed by atoms with E-state index in [1.807, 2.05) is 30.3 Å². The third-order valence-electron chi connectivity index (χ3n) is 3.70. The fourth-order valence-electron chi connectivity index (χ4n) is 2.38. The standard InChI is InChI=1S/C18H29N3O3/c1-19-18(21-11-6-13-24-17-9-14-22-15-17)20-10-5-12-23-16-7-3-2-4-8-16/h2-4,7-8,17H,5-6,9-15H2,1H3,(H2,19,20,21). The van der Waals surface area contributed by atoms with E-state index in [1.165, 1.54) is 0 Å². The SMILES string of the molecule is CN=C(NCCCOc1ccccc1)NCCCOC1CCOC1. The second-order valence-electron chi connectivity index (χ2n) is 5.65. The van der Waals surface area contributed by atoms with Gasteiger partial charge in [0.25, 0.3) is 0 Å². The maximum absolute atomic E-state index is 5.73. The number of rotatable bonds is 10. The summed E-state index contributed by atoms with van der Waals surface area (Å²) in [5.74, 6) is 1.73. The lowest BCUT2D eigenvalue weighted by Crippen LogP contribution is -2.38. The summed E-state index contributed by atoms with van der Waals surface area (Å²) >= 11 is 0. The average molecular weight is 335 g/mol. The number of aliphatic imine (C=N–C) groups is 1. The molecule has 0 bridgehead atoms. The zero-order valence-electron chi connectivity index (χ0n) is 14.5. The van der Waals surface area contributed by atoms with Gasteiger partial charge in [-0.25, -0.2) is 0 Å². The lowest BCUT2D eigenvalue weighted by Gasteiger charge is -2.13. The third kappa shape index (κ3) is 7.66. The van der Waals surface area contributed by atoms with Gasteiger partial charge in [-0.05, 0) is 31.4 Å². The van der Waals surface area contributed by atoms with Crippen molar-refractivity contribution in [1.82, 2.24) is 10.6 Å². The molecule has 1 unspecified atom stereocenters. The van der Waals surface area contributed by atoms with E-state index in [4.69, 9.17) is 14.2 Å². The van der Waals surface area contributed by atoms with E-state index in [2.05, 4.69) is 15.6 Å². The molecule has 1 saturated heterocycles. The number of nitrogens with zero attached hydrogens (tertiary/aromatic N) is 1. The van der Waals surface area contributed by atoms with Crippen molar-refractivity contribution in [3.63, 3.8) is 0 Å². The molecule has 2 rings (SSSR count). The fourth-order valence-corrected chi connectivity index (χ4v) is 2.38. The van der Waals surface area contributed by atoms with Gasteiger partial charge in [0.15, 0.2) is 5.96 Å². The van der Waals surface area contributed by atoms with Crippen LogP contribution in [0, 0.1) is 0 Å². The fraction of sp³-hybridized carbons (Fsp3) is 0.611. The summed E-state index contributed by atoms with van der Waals surface area (Å²) < 4.78 is 16.7. The lowest BCUT2D eigenvalue weighted by molar-refractivity contribution is 0.0420. The van der Waals surface area contributed by atoms with E-state index in [0.29, 0.717) is 6.61 Å². The Hall–Kier alpha value is -1.79. The van der Waals surface area contributed by atoms with Crippen LogP contribution in [-0.2, 0) is 9.47 Å². The van der Waals surface area contributed by atoms with Crippen LogP contribution in [0.25, 0.3) is 0 Å². The summed E-state index contributed by atoms with van der Waals surface area (Å²) in [7, 11) is 1.78. The zero-order chi connectivity index (χ0) is 16.9. The number of nitrogens with one attached hydrogen (secondary N) is 2. The maximum Gasteiger partial charge on any atom is 0.190 e. The molecule has 0 aliphatic carbocycles. The molecule has 0 radical (unpaired) electrons. The third-order valence-corrected chi connectivity index (χ3v) is 3.70. The van der Waals surface area contributed by atoms with Gasteiger partial charge in [0.1, 0.15) is 5.75 Å². The molecule has 0 amide bonds. The summed E-state index contributed by atoms with van der Waals surface area (Å²) in [6, 6.07) is 9.86. The van der Waals surface area contributed by atoms with Crippen LogP contribution >= 0.6 is 0 Å². The van der Waals surface area contributed by atoms with Gasteiger partial charge in [0.2, 0.25) is 0 Å². The molecular formula is C18H29N3O3. The van der Waals surface area contributed by atoms with E-state index in [0.717, 1.165) is 63.9 Å². The van der Waals surface area contributed by atoms with Crippen LogP contribution in [0.3, 0.4) is 0 Å². The topological polar surface area (TPSA) is 64.1 Å². The van der Waals surface area contributed by atoms with Crippen molar-refractivity contribution < 1.29 is 14.2 Å². The molecule has 1 atom stereocenters. The highest BCUT2D eigenvalue weighted by Gasteiger charge is 2.15. The molecule has 134 valence electrons. The van der Waals surface area contributed by atoms with Crippen molar-refractivity contribution in [3.8, 4) is 5.75 Å². The summed E-state index contributed by atoms with van der Waals surface area (Å²) in [4.78, 5) is 4.21. The van der Waals surface area contributed by atoms with Crippen molar-refractivity contribution in [2.24, 2.45) is 4.99 Å². The largest absolute Gasteiger partial charge is 0.494 e. The number of ether oxygens (including phenoxy) is 3. The molecule has 0 spiro atoms. The highest BCUT2D eigenvalue weighted by atomic mass is 16.5. The lowest BCUT2D eigenvalue weighted by atomic mass is 10.3. The molecule has 1 aromatic rings. The summed E-state index contributed by atoms with van der Waals surface area (Å²) in [5, 5.41) is 6.58. The smallest absolute Gasteiger partial charge is 0.190 e. The second kappa shape index (κ2) is 11.7. The van der Waals surface area contributed by atoms with E-state index in [-0.39, 0.29) is 6.10 Å². The van der Waals surface area contributed by atoms with E-state index >= 15 is 0 Å². The molecule has 1 aromatic carbocycles. The molecule has 0 aromatic heterocycles. The normalized spacial score (nSPS) is 17.7. The van der Waals surface area contributed by atoms with Crippen molar-refractivity contribution >= 4 is 5.96 Å². The molecule has 6 nitrogen and oxygen atoms in total. The molecule has 1 aliphatic rings. The number of para-hydroxylation sites is 1. The first-order valence-corrected chi connectivity index (χ1v) is 8.70. The van der Waals surface area contributed by atoms with E-state index < -0.39 is 0 Å². The van der Waals surface area contributed by atoms with Crippen LogP contribution in [0.2, 0.25) is 0 Å². The second-order valence-corrected chi connectivity index (χ2v) is 5.65. The van der Waals surface area contributed by atoms with Gasteiger partial charge in [-0.1, -0.05) is 18.2 Å². The first-order chi connectivity index (χ1) is 11.9. The molecule has 1 aliphatic heterocycles. The molecule has 0 saturated carbocycles. The number of benzene rings is 1. The number of guanidine groups is 1. The summed E-state index contributed by atoms with van der Waals surface area (Å²) in [6.45, 7) is 4.67. The minimum absolute atomic E-state index is 0.284. The van der Waals surface area contributed by atoms with Gasteiger partial charge >= 0.3 is 0 Å². The van der Waals surface area contributed by atoms with Crippen LogP contribution in [0.1, 0.15) is 19.3 Å². The summed E-state index contributed by atoms with van der Waals surface area (Å²) in [6.07, 6.45) is 3.17. The van der Waals surface area contributed by atoms with Gasteiger partial charge in [-0.15, -0.1) is 0 Å². The van der Waals surface area contributed by atoms with Gasteiger partial charge in [0, 0.05) is 33.4 Å². The first kappa shape index (κ1) is 18.5. The molecule has 24 heavy (non-hydrogen) atoms. The predicted octanol–water partition coefficient (Wildman–Crippen LogP) is 1.82. The van der Waals surface area contributed by atoms with Crippen LogP contribution in [0.4, 0.5) is 0 Å². The zero-order valence-corrected chi connectivity index (χ0v) is 14.5. The Bertz CT molecular complexity index is 462. The van der Waals surface area contributed by atoms with Gasteiger partial charge in [-0.3, -0.25) is 4.99 Å². The van der Waals surface area contributed by atoms with Crippen molar-refractivity contribution in [1.29, 1.82) is 0 Å². The highest BCUT2D eigenvalue weighted by Crippen LogP contribution is 2.08. The minimum Gasteiger partial charge on any atom is -0.494 e. The van der Waals surface area contributed by atoms with Crippen LogP contribution in [-0.4, -0.2) is 58.6 Å².